The summed E-state index contributed by atoms with van der Waals surface area (Å²) in [6, 6.07) is 0. The van der Waals surface area contributed by atoms with E-state index in [9.17, 15) is 4.79 Å². The van der Waals surface area contributed by atoms with Crippen molar-refractivity contribution in [3.63, 3.8) is 0 Å². The number of allylic oxidation sites excluding steroid dienone is 1. The molecule has 0 aromatic rings. The Morgan fingerprint density at radius 2 is 1.70 bits per heavy atom. The van der Waals surface area contributed by atoms with Crippen LogP contribution in [0, 0.1) is 11.8 Å². The van der Waals surface area contributed by atoms with Crippen molar-refractivity contribution >= 4 is 27.5 Å². The van der Waals surface area contributed by atoms with Gasteiger partial charge >= 0.3 is 0 Å². The monoisotopic (exact) mass is 415 g/mol. The highest BCUT2D eigenvalue weighted by Crippen LogP contribution is 2.26. The van der Waals surface area contributed by atoms with Gasteiger partial charge in [0.15, 0.2) is 0 Å². The quantitative estimate of drug-likeness (QED) is 0.246. The van der Waals surface area contributed by atoms with Crippen molar-refractivity contribution in [2.45, 2.75) is 90.1 Å². The molecule has 0 radical (unpaired) electrons. The first-order chi connectivity index (χ1) is 13.0. The molecule has 1 fully saturated rings. The van der Waals surface area contributed by atoms with Gasteiger partial charge in [-0.15, -0.1) is 0 Å². The normalized spacial score (nSPS) is 23.2. The molecule has 1 aliphatic carbocycles. The van der Waals surface area contributed by atoms with Gasteiger partial charge in [0, 0.05) is 23.6 Å². The zero-order valence-electron chi connectivity index (χ0n) is 17.2. The second kappa shape index (κ2) is 15.6. The molecule has 6 heteroatoms. The van der Waals surface area contributed by atoms with Crippen LogP contribution in [0.15, 0.2) is 12.3 Å². The summed E-state index contributed by atoms with van der Waals surface area (Å²) in [5, 5.41) is 3.49. The van der Waals surface area contributed by atoms with E-state index in [0.717, 1.165) is 36.0 Å². The molecule has 0 aromatic carbocycles. The smallest absolute Gasteiger partial charge is 0.218 e. The molecule has 0 bridgehead atoms. The summed E-state index contributed by atoms with van der Waals surface area (Å²) in [7, 11) is 3.53. The minimum Gasteiger partial charge on any atom is -0.374 e. The molecule has 1 saturated carbocycles. The number of carbonyl (C=O) groups is 1. The minimum atomic E-state index is -0.222. The van der Waals surface area contributed by atoms with Crippen molar-refractivity contribution in [2.24, 2.45) is 23.3 Å². The van der Waals surface area contributed by atoms with Crippen molar-refractivity contribution < 1.29 is 4.79 Å². The summed E-state index contributed by atoms with van der Waals surface area (Å²) in [5.74, 6) is 3.01. The third-order valence-corrected chi connectivity index (χ3v) is 7.89. The predicted octanol–water partition coefficient (Wildman–Crippen LogP) is 5.19. The van der Waals surface area contributed by atoms with Gasteiger partial charge in [-0.05, 0) is 37.5 Å². The molecule has 0 spiro atoms. The molecule has 0 aliphatic heterocycles. The number of amides is 1. The fraction of sp³-hybridized carbons (Fsp3) is 0.857. The maximum Gasteiger partial charge on any atom is 0.218 e. The van der Waals surface area contributed by atoms with Crippen molar-refractivity contribution in [3.05, 3.63) is 12.3 Å². The van der Waals surface area contributed by atoms with Crippen LogP contribution in [0.4, 0.5) is 0 Å². The van der Waals surface area contributed by atoms with E-state index in [1.807, 2.05) is 0 Å². The Balaban J connectivity index is 2.23. The molecular weight excluding hydrogens is 374 g/mol. The second-order valence-electron chi connectivity index (χ2n) is 8.03. The summed E-state index contributed by atoms with van der Waals surface area (Å²) < 4.78 is 0. The molecular formula is C21H41N3OS2. The first-order valence-electron chi connectivity index (χ1n) is 10.7. The van der Waals surface area contributed by atoms with E-state index < -0.39 is 0 Å². The first kappa shape index (κ1) is 24.7. The zero-order valence-corrected chi connectivity index (χ0v) is 18.9. The SMILES string of the molecule is C=C(CCCSSCCC(N)=O)NC(N)C1CCCCCCCC(C)CC1. The summed E-state index contributed by atoms with van der Waals surface area (Å²) in [5.41, 5.74) is 12.7. The van der Waals surface area contributed by atoms with Crippen LogP contribution < -0.4 is 16.8 Å². The van der Waals surface area contributed by atoms with Gasteiger partial charge < -0.3 is 16.8 Å². The van der Waals surface area contributed by atoms with Crippen molar-refractivity contribution in [2.75, 3.05) is 11.5 Å². The second-order valence-corrected chi connectivity index (χ2v) is 10.7. The number of hydrogen-bond donors (Lipinski definition) is 3. The van der Waals surface area contributed by atoms with Gasteiger partial charge in [0.1, 0.15) is 0 Å². The molecule has 4 nitrogen and oxygen atoms in total. The standard InChI is InChI=1S/C21H41N3OS2/c1-17-9-6-4-3-5-7-11-19(13-12-17)21(23)24-18(2)10-8-15-26-27-16-14-20(22)25/h17,19,21,24H,2-16,23H2,1H3,(H2,22,25). The van der Waals surface area contributed by atoms with E-state index in [0.29, 0.717) is 12.3 Å². The Morgan fingerprint density at radius 1 is 1.04 bits per heavy atom. The number of nitrogens with one attached hydrogen (secondary N) is 1. The maximum atomic E-state index is 10.7. The molecule has 3 unspecified atom stereocenters. The minimum absolute atomic E-state index is 0.0306. The maximum absolute atomic E-state index is 10.7. The fourth-order valence-corrected chi connectivity index (χ4v) is 5.70. The Kier molecular flexibility index (Phi) is 14.3. The van der Waals surface area contributed by atoms with Crippen LogP contribution in [0.1, 0.15) is 84.0 Å². The molecule has 0 heterocycles. The molecule has 1 amide bonds. The Labute approximate surface area is 174 Å². The van der Waals surface area contributed by atoms with Crippen LogP contribution >= 0.6 is 21.6 Å². The van der Waals surface area contributed by atoms with Crippen LogP contribution in [0.5, 0.6) is 0 Å². The Bertz CT molecular complexity index is 420. The molecule has 5 N–H and O–H groups in total. The summed E-state index contributed by atoms with van der Waals surface area (Å²) >= 11 is 0. The number of carbonyl (C=O) groups excluding carboxylic acids is 1. The summed E-state index contributed by atoms with van der Waals surface area (Å²) in [6.45, 7) is 6.58. The molecule has 1 aliphatic rings. The van der Waals surface area contributed by atoms with Gasteiger partial charge in [-0.25, -0.2) is 0 Å². The van der Waals surface area contributed by atoms with Crippen LogP contribution in [-0.2, 0) is 4.79 Å². The van der Waals surface area contributed by atoms with E-state index >= 15 is 0 Å². The van der Waals surface area contributed by atoms with E-state index in [4.69, 9.17) is 11.5 Å². The highest BCUT2D eigenvalue weighted by Gasteiger charge is 2.19. The molecule has 0 aromatic heterocycles. The van der Waals surface area contributed by atoms with Crippen LogP contribution in [0.3, 0.4) is 0 Å². The van der Waals surface area contributed by atoms with E-state index in [2.05, 4.69) is 18.8 Å². The largest absolute Gasteiger partial charge is 0.374 e. The Hall–Kier alpha value is -0.330. The average molecular weight is 416 g/mol. The fourth-order valence-electron chi connectivity index (χ4n) is 3.61. The van der Waals surface area contributed by atoms with Gasteiger partial charge in [-0.2, -0.15) is 0 Å². The highest BCUT2D eigenvalue weighted by atomic mass is 33.1. The molecule has 158 valence electrons. The molecule has 1 rings (SSSR count). The lowest BCUT2D eigenvalue weighted by Crippen LogP contribution is -2.43. The average Bonchev–Trinajstić information content (AvgIpc) is 2.66. The third-order valence-electron chi connectivity index (χ3n) is 5.40. The summed E-state index contributed by atoms with van der Waals surface area (Å²) in [6.07, 6.45) is 14.5. The van der Waals surface area contributed by atoms with E-state index in [1.165, 1.54) is 57.8 Å². The van der Waals surface area contributed by atoms with Gasteiger partial charge in [-0.1, -0.05) is 80.0 Å². The molecule has 27 heavy (non-hydrogen) atoms. The van der Waals surface area contributed by atoms with Gasteiger partial charge in [0.25, 0.3) is 0 Å². The number of primary amides is 1. The third kappa shape index (κ3) is 13.5. The first-order valence-corrected chi connectivity index (χ1v) is 13.2. The van der Waals surface area contributed by atoms with E-state index in [-0.39, 0.29) is 12.1 Å². The predicted molar refractivity (Wildman–Crippen MR) is 122 cm³/mol. The molecule has 3 atom stereocenters. The lowest BCUT2D eigenvalue weighted by Gasteiger charge is -2.27. The van der Waals surface area contributed by atoms with Crippen LogP contribution in [0.2, 0.25) is 0 Å². The van der Waals surface area contributed by atoms with Crippen LogP contribution in [0.25, 0.3) is 0 Å². The zero-order chi connectivity index (χ0) is 19.9. The van der Waals surface area contributed by atoms with Gasteiger partial charge in [0.05, 0.1) is 6.17 Å². The lowest BCUT2D eigenvalue weighted by molar-refractivity contribution is -0.117. The van der Waals surface area contributed by atoms with Crippen molar-refractivity contribution in [1.82, 2.24) is 5.32 Å². The lowest BCUT2D eigenvalue weighted by atomic mass is 9.89. The molecule has 0 saturated heterocycles. The van der Waals surface area contributed by atoms with Crippen molar-refractivity contribution in [1.29, 1.82) is 0 Å². The Morgan fingerprint density at radius 3 is 2.44 bits per heavy atom. The summed E-state index contributed by atoms with van der Waals surface area (Å²) in [4.78, 5) is 10.7. The highest BCUT2D eigenvalue weighted by molar-refractivity contribution is 8.76. The van der Waals surface area contributed by atoms with E-state index in [1.54, 1.807) is 21.6 Å². The van der Waals surface area contributed by atoms with Gasteiger partial charge in [0.2, 0.25) is 5.91 Å². The van der Waals surface area contributed by atoms with Crippen molar-refractivity contribution in [3.8, 4) is 0 Å². The number of nitrogens with two attached hydrogens (primary N) is 2. The number of hydrogen-bond acceptors (Lipinski definition) is 5. The van der Waals surface area contributed by atoms with Crippen LogP contribution in [-0.4, -0.2) is 23.6 Å². The topological polar surface area (TPSA) is 81.1 Å². The number of rotatable bonds is 11. The van der Waals surface area contributed by atoms with Gasteiger partial charge in [-0.3, -0.25) is 4.79 Å².